The van der Waals surface area contributed by atoms with Gasteiger partial charge in [-0.1, -0.05) is 12.1 Å². The van der Waals surface area contributed by atoms with Gasteiger partial charge in [-0.05, 0) is 44.5 Å². The number of aryl methyl sites for hydroxylation is 1. The summed E-state index contributed by atoms with van der Waals surface area (Å²) >= 11 is 1.32. The number of hydrogen-bond donors (Lipinski definition) is 2. The van der Waals surface area contributed by atoms with Crippen molar-refractivity contribution in [3.05, 3.63) is 52.3 Å². The zero-order valence-electron chi connectivity index (χ0n) is 15.4. The van der Waals surface area contributed by atoms with E-state index >= 15 is 0 Å². The first kappa shape index (κ1) is 19.0. The van der Waals surface area contributed by atoms with E-state index in [-0.39, 0.29) is 17.6 Å². The van der Waals surface area contributed by atoms with E-state index in [1.54, 1.807) is 25.1 Å². The zero-order chi connectivity index (χ0) is 19.6. The molecule has 0 saturated heterocycles. The summed E-state index contributed by atoms with van der Waals surface area (Å²) < 4.78 is 14.9. The van der Waals surface area contributed by atoms with Crippen LogP contribution in [0.3, 0.4) is 0 Å². The Morgan fingerprint density at radius 3 is 2.67 bits per heavy atom. The fourth-order valence-corrected chi connectivity index (χ4v) is 3.82. The van der Waals surface area contributed by atoms with Gasteiger partial charge in [0.2, 0.25) is 5.91 Å². The van der Waals surface area contributed by atoms with Crippen molar-refractivity contribution in [1.29, 1.82) is 0 Å². The molecule has 0 radical (unpaired) electrons. The minimum Gasteiger partial charge on any atom is -0.355 e. The highest BCUT2D eigenvalue weighted by molar-refractivity contribution is 7.20. The molecule has 2 aromatic heterocycles. The topological polar surface area (TPSA) is 76.0 Å². The van der Waals surface area contributed by atoms with Gasteiger partial charge in [0.1, 0.15) is 16.7 Å². The van der Waals surface area contributed by atoms with Crippen LogP contribution in [0.4, 0.5) is 4.39 Å². The largest absolute Gasteiger partial charge is 0.355 e. The van der Waals surface area contributed by atoms with E-state index in [1.807, 2.05) is 18.5 Å². The number of benzene rings is 1. The molecule has 0 aliphatic heterocycles. The van der Waals surface area contributed by atoms with Crippen LogP contribution >= 0.6 is 11.3 Å². The summed E-state index contributed by atoms with van der Waals surface area (Å²) in [4.78, 5) is 25.7. The number of carbonyl (C=O) groups excluding carboxylic acids is 2. The van der Waals surface area contributed by atoms with E-state index < -0.39 is 6.04 Å². The summed E-state index contributed by atoms with van der Waals surface area (Å²) in [5.74, 6) is -0.787. The molecule has 142 valence electrons. The Morgan fingerprint density at radius 2 is 2.00 bits per heavy atom. The van der Waals surface area contributed by atoms with E-state index in [9.17, 15) is 14.0 Å². The van der Waals surface area contributed by atoms with Crippen molar-refractivity contribution in [2.24, 2.45) is 0 Å². The number of halogens is 1. The molecule has 2 amide bonds. The average molecular weight is 388 g/mol. The fraction of sp³-hybridized carbons (Fsp3) is 0.316. The van der Waals surface area contributed by atoms with Crippen molar-refractivity contribution >= 4 is 33.4 Å². The number of likely N-dealkylation sites (N-methyl/N-ethyl adjacent to an activating group) is 1. The van der Waals surface area contributed by atoms with E-state index in [4.69, 9.17) is 0 Å². The van der Waals surface area contributed by atoms with Gasteiger partial charge >= 0.3 is 0 Å². The summed E-state index contributed by atoms with van der Waals surface area (Å²) in [5.41, 5.74) is 1.74. The second kappa shape index (κ2) is 7.87. The highest BCUT2D eigenvalue weighted by Crippen LogP contribution is 2.29. The van der Waals surface area contributed by atoms with Gasteiger partial charge in [0, 0.05) is 11.9 Å². The number of amides is 2. The molecule has 2 N–H and O–H groups in total. The van der Waals surface area contributed by atoms with Crippen LogP contribution < -0.4 is 10.6 Å². The Kier molecular flexibility index (Phi) is 5.55. The number of rotatable bonds is 6. The molecule has 0 saturated carbocycles. The van der Waals surface area contributed by atoms with Crippen LogP contribution in [0.5, 0.6) is 0 Å². The minimum absolute atomic E-state index is 0.217. The maximum Gasteiger partial charge on any atom is 0.262 e. The van der Waals surface area contributed by atoms with Crippen LogP contribution in [0.2, 0.25) is 0 Å². The number of aromatic nitrogens is 2. The highest BCUT2D eigenvalue weighted by Gasteiger charge is 2.20. The third kappa shape index (κ3) is 4.16. The predicted molar refractivity (Wildman–Crippen MR) is 103 cm³/mol. The molecule has 0 bridgehead atoms. The van der Waals surface area contributed by atoms with E-state index in [0.29, 0.717) is 18.0 Å². The maximum absolute atomic E-state index is 13.1. The second-order valence-corrected chi connectivity index (χ2v) is 7.32. The van der Waals surface area contributed by atoms with Gasteiger partial charge in [-0.15, -0.1) is 11.3 Å². The lowest BCUT2D eigenvalue weighted by molar-refractivity contribution is -0.122. The van der Waals surface area contributed by atoms with Gasteiger partial charge in [0.15, 0.2) is 0 Å². The van der Waals surface area contributed by atoms with E-state index in [1.165, 1.54) is 23.5 Å². The Balaban J connectivity index is 1.81. The molecule has 3 rings (SSSR count). The van der Waals surface area contributed by atoms with Gasteiger partial charge in [-0.2, -0.15) is 5.10 Å². The Labute approximate surface area is 160 Å². The van der Waals surface area contributed by atoms with Gasteiger partial charge in [-0.3, -0.25) is 14.3 Å². The highest BCUT2D eigenvalue weighted by atomic mass is 32.1. The fourth-order valence-electron chi connectivity index (χ4n) is 2.76. The SMILES string of the molecule is CCNC(=O)[C@H](C)NC(=O)c1cc2c(C)nn(Cc3ccc(F)cc3)c2s1. The molecule has 2 heterocycles. The van der Waals surface area contributed by atoms with Crippen LogP contribution in [-0.2, 0) is 11.3 Å². The summed E-state index contributed by atoms with van der Waals surface area (Å²) in [7, 11) is 0. The normalized spacial score (nSPS) is 12.1. The van der Waals surface area contributed by atoms with Gasteiger partial charge in [0.25, 0.3) is 5.91 Å². The summed E-state index contributed by atoms with van der Waals surface area (Å²) in [5, 5.41) is 10.8. The Hall–Kier alpha value is -2.74. The number of hydrogen-bond acceptors (Lipinski definition) is 4. The molecule has 0 aliphatic rings. The Bertz CT molecular complexity index is 978. The third-order valence-electron chi connectivity index (χ3n) is 4.17. The lowest BCUT2D eigenvalue weighted by Crippen LogP contribution is -2.44. The van der Waals surface area contributed by atoms with Gasteiger partial charge < -0.3 is 10.6 Å². The van der Waals surface area contributed by atoms with Crippen molar-refractivity contribution < 1.29 is 14.0 Å². The van der Waals surface area contributed by atoms with Crippen LogP contribution in [0.25, 0.3) is 10.2 Å². The van der Waals surface area contributed by atoms with Crippen LogP contribution in [0, 0.1) is 12.7 Å². The average Bonchev–Trinajstić information content (AvgIpc) is 3.19. The summed E-state index contributed by atoms with van der Waals surface area (Å²) in [6, 6.07) is 7.45. The van der Waals surface area contributed by atoms with Crippen molar-refractivity contribution in [3.63, 3.8) is 0 Å². The molecule has 27 heavy (non-hydrogen) atoms. The Morgan fingerprint density at radius 1 is 1.30 bits per heavy atom. The van der Waals surface area contributed by atoms with Crippen molar-refractivity contribution in [2.45, 2.75) is 33.4 Å². The molecule has 0 aliphatic carbocycles. The van der Waals surface area contributed by atoms with Crippen molar-refractivity contribution in [3.8, 4) is 0 Å². The van der Waals surface area contributed by atoms with Crippen molar-refractivity contribution in [1.82, 2.24) is 20.4 Å². The number of nitrogens with one attached hydrogen (secondary N) is 2. The second-order valence-electron chi connectivity index (χ2n) is 6.29. The predicted octanol–water partition coefficient (Wildman–Crippen LogP) is 2.85. The van der Waals surface area contributed by atoms with Crippen LogP contribution in [-0.4, -0.2) is 34.2 Å². The van der Waals surface area contributed by atoms with E-state index in [0.717, 1.165) is 21.5 Å². The summed E-state index contributed by atoms with van der Waals surface area (Å²) in [6.07, 6.45) is 0. The van der Waals surface area contributed by atoms with Crippen LogP contribution in [0.15, 0.2) is 30.3 Å². The molecule has 1 aromatic carbocycles. The molecular weight excluding hydrogens is 367 g/mol. The molecule has 1 atom stereocenters. The first-order valence-corrected chi connectivity index (χ1v) is 9.50. The molecule has 6 nitrogen and oxygen atoms in total. The molecular formula is C19H21FN4O2S. The van der Waals surface area contributed by atoms with E-state index in [2.05, 4.69) is 15.7 Å². The molecule has 8 heteroatoms. The maximum atomic E-state index is 13.1. The molecule has 3 aromatic rings. The zero-order valence-corrected chi connectivity index (χ0v) is 16.2. The lowest BCUT2D eigenvalue weighted by atomic mass is 10.2. The number of carbonyl (C=O) groups is 2. The van der Waals surface area contributed by atoms with Crippen LogP contribution in [0.1, 0.15) is 34.8 Å². The lowest BCUT2D eigenvalue weighted by Gasteiger charge is -2.12. The van der Waals surface area contributed by atoms with Gasteiger partial charge in [-0.25, -0.2) is 4.39 Å². The minimum atomic E-state index is -0.612. The van der Waals surface area contributed by atoms with Crippen molar-refractivity contribution in [2.75, 3.05) is 6.54 Å². The molecule has 0 fully saturated rings. The molecule has 0 spiro atoms. The quantitative estimate of drug-likeness (QED) is 0.682. The molecule has 0 unspecified atom stereocenters. The first-order chi connectivity index (χ1) is 12.9. The summed E-state index contributed by atoms with van der Waals surface area (Å²) in [6.45, 7) is 6.36. The number of nitrogens with zero attached hydrogens (tertiary/aromatic N) is 2. The van der Waals surface area contributed by atoms with Gasteiger partial charge in [0.05, 0.1) is 17.1 Å². The third-order valence-corrected chi connectivity index (χ3v) is 5.32. The smallest absolute Gasteiger partial charge is 0.262 e. The number of thiophene rings is 1. The first-order valence-electron chi connectivity index (χ1n) is 8.69. The number of fused-ring (bicyclic) bond motifs is 1. The monoisotopic (exact) mass is 388 g/mol. The standard InChI is InChI=1S/C19H21FN4O2S/c1-4-21-17(25)12(3)22-18(26)16-9-15-11(2)23-24(19(15)27-16)10-13-5-7-14(20)8-6-13/h5-9,12H,4,10H2,1-3H3,(H,21,25)(H,22,26)/t12-/m0/s1.